The van der Waals surface area contributed by atoms with Crippen LogP contribution in [0.2, 0.25) is 0 Å². The van der Waals surface area contributed by atoms with Crippen LogP contribution >= 0.6 is 11.6 Å². The van der Waals surface area contributed by atoms with E-state index in [1.165, 1.54) is 0 Å². The lowest BCUT2D eigenvalue weighted by Crippen LogP contribution is -2.01. The summed E-state index contributed by atoms with van der Waals surface area (Å²) >= 11 is 5.60. The van der Waals surface area contributed by atoms with Crippen LogP contribution in [0.5, 0.6) is 0 Å². The van der Waals surface area contributed by atoms with Gasteiger partial charge < -0.3 is 4.57 Å². The highest BCUT2D eigenvalue weighted by molar-refractivity contribution is 6.18. The van der Waals surface area contributed by atoms with Gasteiger partial charge >= 0.3 is 0 Å². The zero-order valence-corrected chi connectivity index (χ0v) is 10.1. The Kier molecular flexibility index (Phi) is 3.79. The number of benzene rings is 1. The number of allylic oxidation sites excluding steroid dienone is 2. The van der Waals surface area contributed by atoms with E-state index in [-0.39, 0.29) is 0 Å². The molecule has 1 heterocycles. The van der Waals surface area contributed by atoms with E-state index in [0.29, 0.717) is 18.8 Å². The monoisotopic (exact) mass is 245 g/mol. The summed E-state index contributed by atoms with van der Waals surface area (Å²) in [5.74, 6) is 1.30. The molecule has 0 saturated heterocycles. The first-order valence-corrected chi connectivity index (χ1v) is 5.92. The van der Waals surface area contributed by atoms with Crippen LogP contribution in [-0.4, -0.2) is 15.4 Å². The van der Waals surface area contributed by atoms with Crippen molar-refractivity contribution in [2.24, 2.45) is 0 Å². The van der Waals surface area contributed by atoms with E-state index in [2.05, 4.69) is 11.1 Å². The van der Waals surface area contributed by atoms with Crippen LogP contribution in [-0.2, 0) is 13.0 Å². The maximum Gasteiger partial charge on any atom is 0.124 e. The number of halogens is 1. The van der Waals surface area contributed by atoms with E-state index < -0.39 is 0 Å². The number of aromatic nitrogens is 2. The molecule has 0 bridgehead atoms. The number of para-hydroxylation sites is 2. The molecule has 0 aliphatic heterocycles. The molecule has 0 saturated carbocycles. The highest BCUT2D eigenvalue weighted by atomic mass is 35.5. The molecule has 0 amide bonds. The normalized spacial score (nSPS) is 11.1. The zero-order chi connectivity index (χ0) is 12.1. The molecule has 2 rings (SSSR count). The van der Waals surface area contributed by atoms with Crippen molar-refractivity contribution in [3.63, 3.8) is 0 Å². The molecule has 0 spiro atoms. The molecule has 1 aromatic carbocycles. The van der Waals surface area contributed by atoms with Gasteiger partial charge in [-0.15, -0.1) is 11.6 Å². The van der Waals surface area contributed by atoms with E-state index in [0.717, 1.165) is 16.9 Å². The van der Waals surface area contributed by atoms with Gasteiger partial charge in [-0.2, -0.15) is 5.26 Å². The molecule has 2 aromatic rings. The molecule has 0 fully saturated rings. The Morgan fingerprint density at radius 2 is 2.18 bits per heavy atom. The van der Waals surface area contributed by atoms with Gasteiger partial charge in [-0.3, -0.25) is 0 Å². The van der Waals surface area contributed by atoms with Crippen molar-refractivity contribution in [2.75, 3.05) is 5.88 Å². The number of nitriles is 1. The summed E-state index contributed by atoms with van der Waals surface area (Å²) < 4.78 is 2.04. The third kappa shape index (κ3) is 2.48. The van der Waals surface area contributed by atoms with Crippen molar-refractivity contribution in [3.8, 4) is 6.07 Å². The van der Waals surface area contributed by atoms with Crippen LogP contribution in [0.15, 0.2) is 36.4 Å². The lowest BCUT2D eigenvalue weighted by molar-refractivity contribution is 0.787. The quantitative estimate of drug-likeness (QED) is 0.614. The Hall–Kier alpha value is -1.79. The van der Waals surface area contributed by atoms with Gasteiger partial charge in [0.05, 0.1) is 23.5 Å². The number of alkyl halides is 1. The second-order valence-electron chi connectivity index (χ2n) is 3.59. The third-order valence-corrected chi connectivity index (χ3v) is 2.69. The Morgan fingerprint density at radius 3 is 2.94 bits per heavy atom. The number of nitrogens with zero attached hydrogens (tertiary/aromatic N) is 3. The van der Waals surface area contributed by atoms with Crippen LogP contribution in [0.25, 0.3) is 11.0 Å². The van der Waals surface area contributed by atoms with Gasteiger partial charge in [0, 0.05) is 12.4 Å². The van der Waals surface area contributed by atoms with E-state index >= 15 is 0 Å². The lowest BCUT2D eigenvalue weighted by Gasteiger charge is -2.03. The molecular formula is C13H12ClN3. The molecule has 0 unspecified atom stereocenters. The lowest BCUT2D eigenvalue weighted by atomic mass is 10.3. The van der Waals surface area contributed by atoms with Gasteiger partial charge in [0.1, 0.15) is 5.82 Å². The standard InChI is InChI=1S/C13H12ClN3/c14-8-3-4-10-17-12-6-2-1-5-11(12)16-13(17)7-9-15/h1-6H,7-8,10H2. The van der Waals surface area contributed by atoms with Gasteiger partial charge in [-0.1, -0.05) is 24.3 Å². The third-order valence-electron chi connectivity index (χ3n) is 2.51. The smallest absolute Gasteiger partial charge is 0.124 e. The Bertz CT molecular complexity index is 578. The van der Waals surface area contributed by atoms with Gasteiger partial charge in [0.2, 0.25) is 0 Å². The summed E-state index contributed by atoms with van der Waals surface area (Å²) in [5, 5.41) is 8.80. The van der Waals surface area contributed by atoms with E-state index in [9.17, 15) is 0 Å². The summed E-state index contributed by atoms with van der Waals surface area (Å²) in [6, 6.07) is 10.0. The van der Waals surface area contributed by atoms with Crippen molar-refractivity contribution in [1.29, 1.82) is 5.26 Å². The van der Waals surface area contributed by atoms with Crippen molar-refractivity contribution in [3.05, 3.63) is 42.2 Å². The van der Waals surface area contributed by atoms with Gasteiger partial charge in [0.25, 0.3) is 0 Å². The first-order valence-electron chi connectivity index (χ1n) is 5.39. The van der Waals surface area contributed by atoms with Crippen LogP contribution in [0, 0.1) is 11.3 Å². The zero-order valence-electron chi connectivity index (χ0n) is 9.31. The Morgan fingerprint density at radius 1 is 1.35 bits per heavy atom. The molecule has 17 heavy (non-hydrogen) atoms. The van der Waals surface area contributed by atoms with Crippen LogP contribution < -0.4 is 0 Å². The second kappa shape index (κ2) is 5.51. The van der Waals surface area contributed by atoms with Gasteiger partial charge in [-0.25, -0.2) is 4.98 Å². The first kappa shape index (κ1) is 11.7. The Balaban J connectivity index is 2.44. The fourth-order valence-corrected chi connectivity index (χ4v) is 1.90. The summed E-state index contributed by atoms with van der Waals surface area (Å²) in [4.78, 5) is 4.45. The number of hydrogen-bond acceptors (Lipinski definition) is 2. The van der Waals surface area contributed by atoms with Crippen molar-refractivity contribution < 1.29 is 0 Å². The van der Waals surface area contributed by atoms with Gasteiger partial charge in [-0.05, 0) is 12.1 Å². The molecule has 0 radical (unpaired) electrons. The number of hydrogen-bond donors (Lipinski definition) is 0. The minimum Gasteiger partial charge on any atom is -0.323 e. The van der Waals surface area contributed by atoms with Crippen molar-refractivity contribution >= 4 is 22.6 Å². The first-order chi connectivity index (χ1) is 8.36. The molecule has 0 N–H and O–H groups in total. The number of rotatable bonds is 4. The summed E-state index contributed by atoms with van der Waals surface area (Å²) in [6.07, 6.45) is 4.21. The van der Waals surface area contributed by atoms with Crippen LogP contribution in [0.4, 0.5) is 0 Å². The fraction of sp³-hybridized carbons (Fsp3) is 0.231. The summed E-state index contributed by atoms with van der Waals surface area (Å²) in [5.41, 5.74) is 1.98. The minimum absolute atomic E-state index is 0.323. The SMILES string of the molecule is N#CCc1nc2ccccc2n1CC=CCCl. The van der Waals surface area contributed by atoms with E-state index in [4.69, 9.17) is 16.9 Å². The molecule has 4 heteroatoms. The molecule has 0 aliphatic rings. The van der Waals surface area contributed by atoms with Crippen LogP contribution in [0.3, 0.4) is 0 Å². The predicted octanol–water partition coefficient (Wildman–Crippen LogP) is 2.90. The van der Waals surface area contributed by atoms with Crippen molar-refractivity contribution in [2.45, 2.75) is 13.0 Å². The molecular weight excluding hydrogens is 234 g/mol. The number of fused-ring (bicyclic) bond motifs is 1. The molecule has 1 aromatic heterocycles. The van der Waals surface area contributed by atoms with Gasteiger partial charge in [0.15, 0.2) is 0 Å². The second-order valence-corrected chi connectivity index (χ2v) is 3.90. The number of imidazole rings is 1. The minimum atomic E-state index is 0.323. The topological polar surface area (TPSA) is 41.6 Å². The predicted molar refractivity (Wildman–Crippen MR) is 68.9 cm³/mol. The highest BCUT2D eigenvalue weighted by Crippen LogP contribution is 2.16. The fourth-order valence-electron chi connectivity index (χ4n) is 1.78. The molecule has 0 atom stereocenters. The van der Waals surface area contributed by atoms with Crippen LogP contribution in [0.1, 0.15) is 5.82 Å². The molecule has 86 valence electrons. The maximum absolute atomic E-state index is 8.80. The molecule has 3 nitrogen and oxygen atoms in total. The van der Waals surface area contributed by atoms with Crippen molar-refractivity contribution in [1.82, 2.24) is 9.55 Å². The average Bonchev–Trinajstić information content (AvgIpc) is 2.69. The maximum atomic E-state index is 8.80. The van der Waals surface area contributed by atoms with E-state index in [1.807, 2.05) is 41.0 Å². The summed E-state index contributed by atoms with van der Waals surface area (Å²) in [7, 11) is 0. The molecule has 0 aliphatic carbocycles. The summed E-state index contributed by atoms with van der Waals surface area (Å²) in [6.45, 7) is 0.699. The largest absolute Gasteiger partial charge is 0.323 e. The highest BCUT2D eigenvalue weighted by Gasteiger charge is 2.08. The van der Waals surface area contributed by atoms with E-state index in [1.54, 1.807) is 0 Å². The Labute approximate surface area is 105 Å². The average molecular weight is 246 g/mol.